The summed E-state index contributed by atoms with van der Waals surface area (Å²) in [6, 6.07) is 13.1. The molecule has 0 saturated carbocycles. The molecule has 0 atom stereocenters. The molecule has 0 aliphatic carbocycles. The van der Waals surface area contributed by atoms with Gasteiger partial charge < -0.3 is 5.73 Å². The monoisotopic (exact) mass is 384 g/mol. The maximum Gasteiger partial charge on any atom is 0.332 e. The number of amides is 2. The second-order valence-electron chi connectivity index (χ2n) is 6.06. The molecule has 3 rings (SSSR count). The average molecular weight is 384 g/mol. The standard InChI is InChI=1S/C19H20N4O3S/c1-3-17(21-22-19(20)24)16-12-23(18-7-5-4-6-15(16)18)27(25,26)14-10-8-13(2)9-11-14/h4-12H,3H2,1-2H3,(H3,20,22,24)/b21-17-. The molecule has 2 amide bonds. The van der Waals surface area contributed by atoms with Gasteiger partial charge in [-0.2, -0.15) is 5.10 Å². The summed E-state index contributed by atoms with van der Waals surface area (Å²) in [5.74, 6) is 0. The fraction of sp³-hybridized carbons (Fsp3) is 0.158. The molecule has 8 heteroatoms. The Bertz CT molecular complexity index is 1130. The van der Waals surface area contributed by atoms with E-state index in [1.54, 1.807) is 36.4 Å². The Morgan fingerprint density at radius 1 is 1.15 bits per heavy atom. The molecule has 0 aliphatic heterocycles. The Labute approximate surface area is 157 Å². The van der Waals surface area contributed by atoms with Gasteiger partial charge in [-0.15, -0.1) is 0 Å². The van der Waals surface area contributed by atoms with Crippen molar-refractivity contribution in [2.75, 3.05) is 0 Å². The number of hydrogen-bond acceptors (Lipinski definition) is 4. The van der Waals surface area contributed by atoms with E-state index in [1.807, 2.05) is 26.0 Å². The first-order chi connectivity index (χ1) is 12.8. The number of rotatable bonds is 5. The summed E-state index contributed by atoms with van der Waals surface area (Å²) in [6.07, 6.45) is 2.02. The van der Waals surface area contributed by atoms with Crippen molar-refractivity contribution in [3.8, 4) is 0 Å². The third kappa shape index (κ3) is 3.56. The first kappa shape index (κ1) is 18.7. The van der Waals surface area contributed by atoms with Gasteiger partial charge in [-0.25, -0.2) is 22.6 Å². The number of hydrazone groups is 1. The summed E-state index contributed by atoms with van der Waals surface area (Å²) in [6.45, 7) is 3.76. The van der Waals surface area contributed by atoms with Crippen molar-refractivity contribution < 1.29 is 13.2 Å². The lowest BCUT2D eigenvalue weighted by atomic mass is 10.1. The second kappa shape index (κ2) is 7.24. The highest BCUT2D eigenvalue weighted by molar-refractivity contribution is 7.90. The third-order valence-electron chi connectivity index (χ3n) is 4.20. The van der Waals surface area contributed by atoms with Crippen molar-refractivity contribution in [3.05, 3.63) is 65.9 Å². The van der Waals surface area contributed by atoms with Gasteiger partial charge in [-0.05, 0) is 31.5 Å². The van der Waals surface area contributed by atoms with Crippen LogP contribution in [0, 0.1) is 6.92 Å². The molecule has 0 fully saturated rings. The van der Waals surface area contributed by atoms with Crippen molar-refractivity contribution in [3.63, 3.8) is 0 Å². The van der Waals surface area contributed by atoms with Gasteiger partial charge in [-0.3, -0.25) is 0 Å². The molecule has 0 bridgehead atoms. The molecule has 27 heavy (non-hydrogen) atoms. The van der Waals surface area contributed by atoms with Gasteiger partial charge in [0.2, 0.25) is 0 Å². The highest BCUT2D eigenvalue weighted by Crippen LogP contribution is 2.27. The van der Waals surface area contributed by atoms with E-state index in [0.717, 1.165) is 10.9 Å². The number of aryl methyl sites for hydroxylation is 1. The first-order valence-corrected chi connectivity index (χ1v) is 9.83. The van der Waals surface area contributed by atoms with E-state index in [1.165, 1.54) is 10.2 Å². The Kier molecular flexibility index (Phi) is 5.00. The zero-order valence-corrected chi connectivity index (χ0v) is 15.8. The fourth-order valence-electron chi connectivity index (χ4n) is 2.85. The lowest BCUT2D eigenvalue weighted by Crippen LogP contribution is -2.25. The minimum Gasteiger partial charge on any atom is -0.350 e. The summed E-state index contributed by atoms with van der Waals surface area (Å²) in [5, 5.41) is 4.75. The van der Waals surface area contributed by atoms with Gasteiger partial charge >= 0.3 is 6.03 Å². The van der Waals surface area contributed by atoms with Gasteiger partial charge in [0, 0.05) is 17.1 Å². The first-order valence-electron chi connectivity index (χ1n) is 8.39. The molecule has 0 saturated heterocycles. The number of fused-ring (bicyclic) bond motifs is 1. The second-order valence-corrected chi connectivity index (χ2v) is 7.88. The zero-order valence-electron chi connectivity index (χ0n) is 15.0. The van der Waals surface area contributed by atoms with Crippen LogP contribution in [0.4, 0.5) is 4.79 Å². The highest BCUT2D eigenvalue weighted by atomic mass is 32.2. The van der Waals surface area contributed by atoms with Crippen LogP contribution < -0.4 is 11.2 Å². The van der Waals surface area contributed by atoms with Crippen LogP contribution in [0.15, 0.2) is 64.7 Å². The molecular weight excluding hydrogens is 364 g/mol. The lowest BCUT2D eigenvalue weighted by Gasteiger charge is -2.07. The minimum absolute atomic E-state index is 0.200. The predicted molar refractivity (Wildman–Crippen MR) is 105 cm³/mol. The van der Waals surface area contributed by atoms with Crippen molar-refractivity contribution in [1.29, 1.82) is 0 Å². The molecule has 140 valence electrons. The Balaban J connectivity index is 2.22. The maximum atomic E-state index is 13.2. The largest absolute Gasteiger partial charge is 0.350 e. The normalized spacial score (nSPS) is 12.3. The average Bonchev–Trinajstić information content (AvgIpc) is 3.03. The van der Waals surface area contributed by atoms with Crippen LogP contribution in [0.3, 0.4) is 0 Å². The van der Waals surface area contributed by atoms with E-state index >= 15 is 0 Å². The molecule has 1 aromatic heterocycles. The SMILES string of the molecule is CC/C(=N/NC(N)=O)c1cn(S(=O)(=O)c2ccc(C)cc2)c2ccccc12. The maximum absolute atomic E-state index is 13.2. The van der Waals surface area contributed by atoms with E-state index in [9.17, 15) is 13.2 Å². The number of benzene rings is 2. The zero-order chi connectivity index (χ0) is 19.6. The van der Waals surface area contributed by atoms with E-state index in [4.69, 9.17) is 5.73 Å². The number of nitrogens with two attached hydrogens (primary N) is 1. The van der Waals surface area contributed by atoms with Crippen LogP contribution in [0.1, 0.15) is 24.5 Å². The van der Waals surface area contributed by atoms with E-state index in [2.05, 4.69) is 10.5 Å². The topological polar surface area (TPSA) is 107 Å². The van der Waals surface area contributed by atoms with Crippen LogP contribution in [-0.2, 0) is 10.0 Å². The molecule has 0 spiro atoms. The number of hydrogen-bond donors (Lipinski definition) is 2. The molecule has 2 aromatic carbocycles. The Hall–Kier alpha value is -3.13. The van der Waals surface area contributed by atoms with Crippen molar-refractivity contribution >= 4 is 32.7 Å². The van der Waals surface area contributed by atoms with Gasteiger partial charge in [0.05, 0.1) is 16.1 Å². The number of urea groups is 1. The molecule has 7 nitrogen and oxygen atoms in total. The van der Waals surface area contributed by atoms with E-state index in [-0.39, 0.29) is 4.90 Å². The number of primary amides is 1. The van der Waals surface area contributed by atoms with Crippen LogP contribution in [0.5, 0.6) is 0 Å². The number of nitrogens with one attached hydrogen (secondary N) is 1. The Morgan fingerprint density at radius 3 is 2.44 bits per heavy atom. The molecule has 3 N–H and O–H groups in total. The van der Waals surface area contributed by atoms with E-state index in [0.29, 0.717) is 23.2 Å². The number of carbonyl (C=O) groups is 1. The molecule has 0 radical (unpaired) electrons. The quantitative estimate of drug-likeness (QED) is 0.521. The number of aromatic nitrogens is 1. The van der Waals surface area contributed by atoms with Gasteiger partial charge in [0.25, 0.3) is 10.0 Å². The van der Waals surface area contributed by atoms with Gasteiger partial charge in [0.15, 0.2) is 0 Å². The number of para-hydroxylation sites is 1. The molecular formula is C19H20N4O3S. The molecule has 0 aliphatic rings. The minimum atomic E-state index is -3.78. The van der Waals surface area contributed by atoms with Crippen molar-refractivity contribution in [2.24, 2.45) is 10.8 Å². The summed E-state index contributed by atoms with van der Waals surface area (Å²) >= 11 is 0. The van der Waals surface area contributed by atoms with Crippen molar-refractivity contribution in [2.45, 2.75) is 25.2 Å². The van der Waals surface area contributed by atoms with Gasteiger partial charge in [-0.1, -0.05) is 42.8 Å². The lowest BCUT2D eigenvalue weighted by molar-refractivity contribution is 0.249. The summed E-state index contributed by atoms with van der Waals surface area (Å²) in [5.41, 5.74) is 9.97. The summed E-state index contributed by atoms with van der Waals surface area (Å²) in [4.78, 5) is 11.2. The van der Waals surface area contributed by atoms with E-state index < -0.39 is 16.1 Å². The van der Waals surface area contributed by atoms with Crippen LogP contribution in [0.25, 0.3) is 10.9 Å². The highest BCUT2D eigenvalue weighted by Gasteiger charge is 2.22. The van der Waals surface area contributed by atoms with Crippen LogP contribution in [-0.4, -0.2) is 24.1 Å². The smallest absolute Gasteiger partial charge is 0.332 e. The van der Waals surface area contributed by atoms with Crippen LogP contribution >= 0.6 is 0 Å². The Morgan fingerprint density at radius 2 is 1.81 bits per heavy atom. The molecule has 3 aromatic rings. The fourth-order valence-corrected chi connectivity index (χ4v) is 4.22. The molecule has 1 heterocycles. The number of carbonyl (C=O) groups excluding carboxylic acids is 1. The van der Waals surface area contributed by atoms with Gasteiger partial charge in [0.1, 0.15) is 0 Å². The number of nitrogens with zero attached hydrogens (tertiary/aromatic N) is 2. The molecule has 0 unspecified atom stereocenters. The third-order valence-corrected chi connectivity index (χ3v) is 5.89. The van der Waals surface area contributed by atoms with Crippen LogP contribution in [0.2, 0.25) is 0 Å². The summed E-state index contributed by atoms with van der Waals surface area (Å²) in [7, 11) is -3.78. The van der Waals surface area contributed by atoms with Crippen molar-refractivity contribution in [1.82, 2.24) is 9.40 Å². The summed E-state index contributed by atoms with van der Waals surface area (Å²) < 4.78 is 27.6. The predicted octanol–water partition coefficient (Wildman–Crippen LogP) is 2.97.